The number of alkyl halides is 5. The number of carbonyl (C=O) groups excluding carboxylic acids is 2. The third-order valence-corrected chi connectivity index (χ3v) is 4.06. The summed E-state index contributed by atoms with van der Waals surface area (Å²) in [5.41, 5.74) is 0.799. The number of hydrogen-bond acceptors (Lipinski definition) is 4. The van der Waals surface area contributed by atoms with Gasteiger partial charge >= 0.3 is 12.8 Å². The molecular formula is C21H19F5N2O4. The minimum absolute atomic E-state index is 0.0428. The van der Waals surface area contributed by atoms with E-state index < -0.39 is 31.1 Å². The predicted octanol–water partition coefficient (Wildman–Crippen LogP) is 4.55. The number of nitrogens with one attached hydrogen (secondary N) is 2. The predicted molar refractivity (Wildman–Crippen MR) is 107 cm³/mol. The molecule has 6 nitrogen and oxygen atoms in total. The van der Waals surface area contributed by atoms with Gasteiger partial charge in [0.1, 0.15) is 6.54 Å². The Hall–Kier alpha value is -3.63. The van der Waals surface area contributed by atoms with Gasteiger partial charge in [-0.3, -0.25) is 9.59 Å². The van der Waals surface area contributed by atoms with Crippen molar-refractivity contribution in [1.82, 2.24) is 5.32 Å². The Bertz CT molecular complexity index is 1010. The molecule has 2 aromatic rings. The van der Waals surface area contributed by atoms with Gasteiger partial charge in [0.2, 0.25) is 5.91 Å². The molecule has 11 heteroatoms. The van der Waals surface area contributed by atoms with Gasteiger partial charge < -0.3 is 20.1 Å². The van der Waals surface area contributed by atoms with Crippen molar-refractivity contribution in [3.63, 3.8) is 0 Å². The molecule has 0 saturated heterocycles. The first-order valence-electron chi connectivity index (χ1n) is 9.06. The lowest BCUT2D eigenvalue weighted by Gasteiger charge is -2.12. The number of para-hydroxylation sites is 1. The molecule has 0 heterocycles. The normalized spacial score (nSPS) is 11.5. The number of carbonyl (C=O) groups is 2. The van der Waals surface area contributed by atoms with Crippen molar-refractivity contribution in [2.24, 2.45) is 0 Å². The molecule has 0 aliphatic carbocycles. The van der Waals surface area contributed by atoms with Crippen LogP contribution in [-0.2, 0) is 4.79 Å². The first-order valence-corrected chi connectivity index (χ1v) is 9.06. The minimum atomic E-state index is -4.56. The maximum atomic E-state index is 12.7. The SMILES string of the molecule is COc1cccc(C=CC(=O)Nc2cc(C(=O)NCC(F)(F)F)ccc2C)c1OC(F)F. The van der Waals surface area contributed by atoms with Crippen LogP contribution in [-0.4, -0.2) is 38.3 Å². The number of methoxy groups -OCH3 is 1. The number of rotatable bonds is 8. The minimum Gasteiger partial charge on any atom is -0.493 e. The Balaban J connectivity index is 2.17. The monoisotopic (exact) mass is 458 g/mol. The Morgan fingerprint density at radius 2 is 1.88 bits per heavy atom. The summed E-state index contributed by atoms with van der Waals surface area (Å²) < 4.78 is 71.7. The lowest BCUT2D eigenvalue weighted by Crippen LogP contribution is -2.33. The van der Waals surface area contributed by atoms with E-state index in [9.17, 15) is 31.5 Å². The van der Waals surface area contributed by atoms with Gasteiger partial charge in [0.15, 0.2) is 11.5 Å². The van der Waals surface area contributed by atoms with Gasteiger partial charge in [-0.25, -0.2) is 0 Å². The molecule has 0 bridgehead atoms. The van der Waals surface area contributed by atoms with E-state index in [0.717, 1.165) is 6.08 Å². The van der Waals surface area contributed by atoms with Crippen LogP contribution in [0.3, 0.4) is 0 Å². The van der Waals surface area contributed by atoms with Crippen molar-refractivity contribution >= 4 is 23.6 Å². The summed E-state index contributed by atoms with van der Waals surface area (Å²) in [5.74, 6) is -1.85. The molecule has 2 aromatic carbocycles. The summed E-state index contributed by atoms with van der Waals surface area (Å²) in [6, 6.07) is 8.36. The van der Waals surface area contributed by atoms with Crippen molar-refractivity contribution in [3.05, 3.63) is 59.2 Å². The third kappa shape index (κ3) is 7.25. The molecule has 0 saturated carbocycles. The highest BCUT2D eigenvalue weighted by atomic mass is 19.4. The fraction of sp³-hybridized carbons (Fsp3) is 0.238. The van der Waals surface area contributed by atoms with Gasteiger partial charge in [0.05, 0.1) is 7.11 Å². The number of anilines is 1. The first kappa shape index (κ1) is 24.6. The van der Waals surface area contributed by atoms with Crippen LogP contribution >= 0.6 is 0 Å². The molecule has 0 fully saturated rings. The zero-order valence-electron chi connectivity index (χ0n) is 16.9. The summed E-state index contributed by atoms with van der Waals surface area (Å²) in [7, 11) is 1.27. The Morgan fingerprint density at radius 1 is 1.16 bits per heavy atom. The number of aryl methyl sites for hydroxylation is 1. The van der Waals surface area contributed by atoms with Gasteiger partial charge in [0, 0.05) is 22.9 Å². The smallest absolute Gasteiger partial charge is 0.405 e. The van der Waals surface area contributed by atoms with Crippen LogP contribution in [0.15, 0.2) is 42.5 Å². The molecule has 2 N–H and O–H groups in total. The van der Waals surface area contributed by atoms with Gasteiger partial charge in [0.25, 0.3) is 5.91 Å². The van der Waals surface area contributed by atoms with Crippen molar-refractivity contribution in [2.45, 2.75) is 19.7 Å². The van der Waals surface area contributed by atoms with Crippen LogP contribution in [0.25, 0.3) is 6.08 Å². The quantitative estimate of drug-likeness (QED) is 0.450. The van der Waals surface area contributed by atoms with Crippen LogP contribution in [0, 0.1) is 6.92 Å². The number of hydrogen-bond donors (Lipinski definition) is 2. The maximum absolute atomic E-state index is 12.7. The van der Waals surface area contributed by atoms with E-state index in [1.807, 2.05) is 0 Å². The second-order valence-corrected chi connectivity index (χ2v) is 6.41. The van der Waals surface area contributed by atoms with Crippen LogP contribution in [0.4, 0.5) is 27.6 Å². The lowest BCUT2D eigenvalue weighted by molar-refractivity contribution is -0.123. The maximum Gasteiger partial charge on any atom is 0.405 e. The third-order valence-electron chi connectivity index (χ3n) is 4.06. The van der Waals surface area contributed by atoms with Gasteiger partial charge in [-0.2, -0.15) is 22.0 Å². The summed E-state index contributed by atoms with van der Waals surface area (Å²) >= 11 is 0. The lowest BCUT2D eigenvalue weighted by atomic mass is 10.1. The van der Waals surface area contributed by atoms with Gasteiger partial charge in [-0.05, 0) is 36.8 Å². The molecule has 0 atom stereocenters. The van der Waals surface area contributed by atoms with Gasteiger partial charge in [-0.1, -0.05) is 18.2 Å². The molecule has 0 aromatic heterocycles. The standard InChI is InChI=1S/C21H19F5N2O4/c1-12-6-7-14(19(30)27-11-21(24,25)26)10-15(12)28-17(29)9-8-13-4-3-5-16(31-2)18(13)32-20(22)23/h3-10,20H,11H2,1-2H3,(H,27,30)(H,28,29). The summed E-state index contributed by atoms with van der Waals surface area (Å²) in [5, 5.41) is 4.23. The molecular weight excluding hydrogens is 439 g/mol. The summed E-state index contributed by atoms with van der Waals surface area (Å²) in [6.07, 6.45) is -2.29. The van der Waals surface area contributed by atoms with Crippen molar-refractivity contribution < 1.29 is 41.0 Å². The van der Waals surface area contributed by atoms with E-state index in [-0.39, 0.29) is 28.3 Å². The van der Waals surface area contributed by atoms with Crippen molar-refractivity contribution in [1.29, 1.82) is 0 Å². The number of halogens is 5. The molecule has 0 radical (unpaired) electrons. The number of amides is 2. The Labute approximate surface area is 180 Å². The van der Waals surface area contributed by atoms with E-state index in [0.29, 0.717) is 5.56 Å². The summed E-state index contributed by atoms with van der Waals surface area (Å²) in [6.45, 7) is -2.98. The second-order valence-electron chi connectivity index (χ2n) is 6.41. The molecule has 172 valence electrons. The summed E-state index contributed by atoms with van der Waals surface area (Å²) in [4.78, 5) is 24.2. The Morgan fingerprint density at radius 3 is 2.50 bits per heavy atom. The van der Waals surface area contributed by atoms with E-state index in [2.05, 4.69) is 10.1 Å². The van der Waals surface area contributed by atoms with Gasteiger partial charge in [-0.15, -0.1) is 0 Å². The highest BCUT2D eigenvalue weighted by Gasteiger charge is 2.28. The average molecular weight is 458 g/mol. The second kappa shape index (κ2) is 10.6. The van der Waals surface area contributed by atoms with E-state index >= 15 is 0 Å². The van der Waals surface area contributed by atoms with E-state index in [1.165, 1.54) is 49.6 Å². The van der Waals surface area contributed by atoms with Crippen LogP contribution in [0.2, 0.25) is 0 Å². The van der Waals surface area contributed by atoms with E-state index in [1.54, 1.807) is 12.2 Å². The van der Waals surface area contributed by atoms with E-state index in [4.69, 9.17) is 4.74 Å². The van der Waals surface area contributed by atoms with Crippen LogP contribution < -0.4 is 20.1 Å². The highest BCUT2D eigenvalue weighted by Crippen LogP contribution is 2.33. The largest absolute Gasteiger partial charge is 0.493 e. The number of ether oxygens (including phenoxy) is 2. The number of benzene rings is 2. The molecule has 0 spiro atoms. The Kier molecular flexibility index (Phi) is 8.16. The highest BCUT2D eigenvalue weighted by molar-refractivity contribution is 6.03. The zero-order chi connectivity index (χ0) is 23.9. The van der Waals surface area contributed by atoms with Crippen molar-refractivity contribution in [2.75, 3.05) is 19.0 Å². The molecule has 2 rings (SSSR count). The van der Waals surface area contributed by atoms with Crippen LogP contribution in [0.1, 0.15) is 21.5 Å². The molecule has 0 aliphatic heterocycles. The molecule has 0 unspecified atom stereocenters. The molecule has 0 aliphatic rings. The van der Waals surface area contributed by atoms with Crippen LogP contribution in [0.5, 0.6) is 11.5 Å². The van der Waals surface area contributed by atoms with Crippen molar-refractivity contribution in [3.8, 4) is 11.5 Å². The fourth-order valence-electron chi connectivity index (χ4n) is 2.56. The first-order chi connectivity index (χ1) is 15.0. The average Bonchev–Trinajstić information content (AvgIpc) is 2.71. The topological polar surface area (TPSA) is 76.7 Å². The zero-order valence-corrected chi connectivity index (χ0v) is 16.9. The molecule has 2 amide bonds. The fourth-order valence-corrected chi connectivity index (χ4v) is 2.56. The molecule has 32 heavy (non-hydrogen) atoms.